The van der Waals surface area contributed by atoms with Crippen LogP contribution in [0.5, 0.6) is 5.75 Å². The molecule has 0 radical (unpaired) electrons. The normalized spacial score (nSPS) is 11.0. The molecule has 4 aromatic rings. The van der Waals surface area contributed by atoms with Crippen LogP contribution in [-0.2, 0) is 9.59 Å². The third-order valence-corrected chi connectivity index (χ3v) is 7.14. The quantitative estimate of drug-likeness (QED) is 0.140. The van der Waals surface area contributed by atoms with Crippen LogP contribution in [0.15, 0.2) is 108 Å². The van der Waals surface area contributed by atoms with Crippen molar-refractivity contribution in [2.75, 3.05) is 23.5 Å². The Morgan fingerprint density at radius 1 is 0.854 bits per heavy atom. The van der Waals surface area contributed by atoms with E-state index >= 15 is 0 Å². The fraction of sp³-hybridized carbons (Fsp3) is 0.0938. The first-order chi connectivity index (χ1) is 19.8. The van der Waals surface area contributed by atoms with Gasteiger partial charge in [0, 0.05) is 21.8 Å². The topological polar surface area (TPSA) is 96.5 Å². The first kappa shape index (κ1) is 29.5. The fourth-order valence-corrected chi connectivity index (χ4v) is 4.65. The number of amides is 3. The van der Waals surface area contributed by atoms with Gasteiger partial charge in [-0.2, -0.15) is 0 Å². The van der Waals surface area contributed by atoms with Crippen LogP contribution >= 0.6 is 23.4 Å². The number of nitrogens with one attached hydrogen (secondary N) is 3. The number of thioether (sulfide) groups is 1. The van der Waals surface area contributed by atoms with Crippen LogP contribution in [0.25, 0.3) is 6.08 Å². The Hall–Kier alpha value is -4.53. The molecule has 0 spiro atoms. The van der Waals surface area contributed by atoms with Crippen molar-refractivity contribution < 1.29 is 19.1 Å². The molecule has 0 saturated carbocycles. The predicted molar refractivity (Wildman–Crippen MR) is 165 cm³/mol. The van der Waals surface area contributed by atoms with Gasteiger partial charge in [-0.25, -0.2) is 0 Å². The third-order valence-electron chi connectivity index (χ3n) is 5.83. The van der Waals surface area contributed by atoms with Crippen molar-refractivity contribution in [2.24, 2.45) is 0 Å². The number of ether oxygens (including phenoxy) is 1. The van der Waals surface area contributed by atoms with Gasteiger partial charge >= 0.3 is 0 Å². The standard InChI is InChI=1S/C32H28ClN3O4S/c1-21-8-10-22(11-9-21)18-28(36-31(38)23-6-4-3-5-7-23)32(39)35-24-12-15-26(16-13-24)41-20-30(37)34-25-14-17-29(40-2)27(33)19-25/h3-19H,20H2,1-2H3,(H,34,37)(H,35,39)(H,36,38)/b28-18-. The molecule has 0 aliphatic rings. The van der Waals surface area contributed by atoms with Gasteiger partial charge in [0.05, 0.1) is 17.9 Å². The highest BCUT2D eigenvalue weighted by atomic mass is 35.5. The zero-order chi connectivity index (χ0) is 29.2. The van der Waals surface area contributed by atoms with Gasteiger partial charge in [-0.15, -0.1) is 11.8 Å². The molecule has 0 atom stereocenters. The summed E-state index contributed by atoms with van der Waals surface area (Å²) >= 11 is 7.47. The lowest BCUT2D eigenvalue weighted by Gasteiger charge is -2.12. The monoisotopic (exact) mass is 585 g/mol. The number of benzene rings is 4. The summed E-state index contributed by atoms with van der Waals surface area (Å²) in [4.78, 5) is 39.3. The third kappa shape index (κ3) is 8.73. The van der Waals surface area contributed by atoms with E-state index in [1.54, 1.807) is 60.7 Å². The highest BCUT2D eigenvalue weighted by Crippen LogP contribution is 2.27. The van der Waals surface area contributed by atoms with E-state index < -0.39 is 5.91 Å². The van der Waals surface area contributed by atoms with E-state index in [0.717, 1.165) is 16.0 Å². The van der Waals surface area contributed by atoms with Crippen molar-refractivity contribution >= 4 is 58.5 Å². The number of rotatable bonds is 10. The summed E-state index contributed by atoms with van der Waals surface area (Å²) in [6.07, 6.45) is 1.63. The van der Waals surface area contributed by atoms with Crippen LogP contribution in [-0.4, -0.2) is 30.6 Å². The first-order valence-corrected chi connectivity index (χ1v) is 14.0. The van der Waals surface area contributed by atoms with Crippen molar-refractivity contribution in [3.05, 3.63) is 124 Å². The van der Waals surface area contributed by atoms with Crippen molar-refractivity contribution in [2.45, 2.75) is 11.8 Å². The van der Waals surface area contributed by atoms with E-state index in [0.29, 0.717) is 27.7 Å². The second kappa shape index (κ2) is 14.2. The Morgan fingerprint density at radius 2 is 1.54 bits per heavy atom. The number of carbonyl (C=O) groups excluding carboxylic acids is 3. The Balaban J connectivity index is 1.38. The maximum absolute atomic E-state index is 13.2. The lowest BCUT2D eigenvalue weighted by molar-refractivity contribution is -0.114. The molecule has 0 bridgehead atoms. The zero-order valence-corrected chi connectivity index (χ0v) is 24.0. The molecule has 0 aliphatic carbocycles. The fourth-order valence-electron chi connectivity index (χ4n) is 3.69. The van der Waals surface area contributed by atoms with Crippen LogP contribution in [0.3, 0.4) is 0 Å². The number of hydrogen-bond donors (Lipinski definition) is 3. The van der Waals surface area contributed by atoms with E-state index in [1.165, 1.54) is 18.9 Å². The number of aryl methyl sites for hydroxylation is 1. The molecule has 208 valence electrons. The summed E-state index contributed by atoms with van der Waals surface area (Å²) in [5.74, 6) is -0.324. The lowest BCUT2D eigenvalue weighted by Crippen LogP contribution is -2.30. The maximum Gasteiger partial charge on any atom is 0.272 e. The van der Waals surface area contributed by atoms with Crippen LogP contribution in [0.2, 0.25) is 5.02 Å². The molecule has 0 heterocycles. The molecular weight excluding hydrogens is 558 g/mol. The summed E-state index contributed by atoms with van der Waals surface area (Å²) in [6.45, 7) is 1.98. The molecule has 4 aromatic carbocycles. The van der Waals surface area contributed by atoms with E-state index in [9.17, 15) is 14.4 Å². The summed E-state index contributed by atoms with van der Waals surface area (Å²) in [5.41, 5.74) is 3.53. The van der Waals surface area contributed by atoms with Gasteiger partial charge in [-0.05, 0) is 73.2 Å². The highest BCUT2D eigenvalue weighted by Gasteiger charge is 2.15. The summed E-state index contributed by atoms with van der Waals surface area (Å²) in [7, 11) is 1.53. The minimum absolute atomic E-state index is 0.108. The molecule has 7 nitrogen and oxygen atoms in total. The molecule has 0 aromatic heterocycles. The van der Waals surface area contributed by atoms with Crippen LogP contribution in [0, 0.1) is 6.92 Å². The van der Waals surface area contributed by atoms with Crippen molar-refractivity contribution in [1.82, 2.24) is 5.32 Å². The average Bonchev–Trinajstić information content (AvgIpc) is 2.98. The van der Waals surface area contributed by atoms with Crippen molar-refractivity contribution in [3.8, 4) is 5.75 Å². The molecular formula is C32H28ClN3O4S. The number of halogens is 1. The Labute approximate surface area is 248 Å². The summed E-state index contributed by atoms with van der Waals surface area (Å²) in [5, 5.41) is 8.79. The van der Waals surface area contributed by atoms with Gasteiger partial charge < -0.3 is 20.7 Å². The second-order valence-corrected chi connectivity index (χ2v) is 10.4. The smallest absolute Gasteiger partial charge is 0.272 e. The van der Waals surface area contributed by atoms with Gasteiger partial charge in [0.1, 0.15) is 11.4 Å². The lowest BCUT2D eigenvalue weighted by atomic mass is 10.1. The minimum Gasteiger partial charge on any atom is -0.495 e. The highest BCUT2D eigenvalue weighted by molar-refractivity contribution is 8.00. The Morgan fingerprint density at radius 3 is 2.20 bits per heavy atom. The SMILES string of the molecule is COc1ccc(NC(=O)CSc2ccc(NC(=O)/C(=C/c3ccc(C)cc3)NC(=O)c3ccccc3)cc2)cc1Cl. The summed E-state index contributed by atoms with van der Waals surface area (Å²) < 4.78 is 5.13. The number of methoxy groups -OCH3 is 1. The molecule has 0 fully saturated rings. The predicted octanol–water partition coefficient (Wildman–Crippen LogP) is 6.80. The molecule has 3 N–H and O–H groups in total. The van der Waals surface area contributed by atoms with Gasteiger partial charge in [-0.1, -0.05) is 59.6 Å². The number of carbonyl (C=O) groups is 3. The maximum atomic E-state index is 13.2. The van der Waals surface area contributed by atoms with Gasteiger partial charge in [0.2, 0.25) is 5.91 Å². The van der Waals surface area contributed by atoms with E-state index in [1.807, 2.05) is 49.4 Å². The number of hydrogen-bond acceptors (Lipinski definition) is 5. The average molecular weight is 586 g/mol. The minimum atomic E-state index is -0.465. The zero-order valence-electron chi connectivity index (χ0n) is 22.4. The Kier molecular flexibility index (Phi) is 10.2. The van der Waals surface area contributed by atoms with E-state index in [4.69, 9.17) is 16.3 Å². The second-order valence-electron chi connectivity index (χ2n) is 8.95. The van der Waals surface area contributed by atoms with Crippen LogP contribution in [0.4, 0.5) is 11.4 Å². The molecule has 0 unspecified atom stereocenters. The van der Waals surface area contributed by atoms with Gasteiger partial charge in [0.15, 0.2) is 0 Å². The molecule has 3 amide bonds. The Bertz CT molecular complexity index is 1560. The molecule has 41 heavy (non-hydrogen) atoms. The van der Waals surface area contributed by atoms with Crippen molar-refractivity contribution in [1.29, 1.82) is 0 Å². The number of anilines is 2. The summed E-state index contributed by atoms with van der Waals surface area (Å²) in [6, 6.07) is 28.5. The van der Waals surface area contributed by atoms with Gasteiger partial charge in [0.25, 0.3) is 11.8 Å². The van der Waals surface area contributed by atoms with Crippen molar-refractivity contribution in [3.63, 3.8) is 0 Å². The first-order valence-electron chi connectivity index (χ1n) is 12.6. The van der Waals surface area contributed by atoms with Gasteiger partial charge in [-0.3, -0.25) is 14.4 Å². The van der Waals surface area contributed by atoms with E-state index in [-0.39, 0.29) is 23.3 Å². The van der Waals surface area contributed by atoms with Crippen LogP contribution < -0.4 is 20.7 Å². The van der Waals surface area contributed by atoms with Crippen LogP contribution in [0.1, 0.15) is 21.5 Å². The molecule has 0 aliphatic heterocycles. The molecule has 4 rings (SSSR count). The molecule has 0 saturated heterocycles. The van der Waals surface area contributed by atoms with E-state index in [2.05, 4.69) is 16.0 Å². The largest absolute Gasteiger partial charge is 0.495 e. The molecule has 9 heteroatoms.